The minimum absolute atomic E-state index is 0. The second-order valence-corrected chi connectivity index (χ2v) is 60.2. The van der Waals surface area contributed by atoms with Crippen molar-refractivity contribution >= 4 is 131 Å². The summed E-state index contributed by atoms with van der Waals surface area (Å²) in [7, 11) is -1.48. The number of carbonyl (C=O) groups excluding carboxylic acids is 5. The molecule has 0 aliphatic carbocycles. The Balaban J connectivity index is 0.000000255. The second kappa shape index (κ2) is 47.4. The van der Waals surface area contributed by atoms with Gasteiger partial charge >= 0.3 is 84.2 Å². The summed E-state index contributed by atoms with van der Waals surface area (Å²) in [6.07, 6.45) is 7.61. The molecule has 5 amide bonds. The number of carbonyl (C=O) groups is 5. The number of amides is 5. The van der Waals surface area contributed by atoms with E-state index in [9.17, 15) is 24.0 Å². The Kier molecular flexibility index (Phi) is 39.9. The Morgan fingerprint density at radius 2 is 0.829 bits per heavy atom. The molecule has 3 fully saturated rings. The number of hydrogen-bond acceptors (Lipinski definition) is 19. The number of likely N-dealkylation sites (tertiary alicyclic amines) is 2. The van der Waals surface area contributed by atoms with E-state index in [0.29, 0.717) is 86.2 Å². The van der Waals surface area contributed by atoms with Gasteiger partial charge < -0.3 is 64.8 Å². The van der Waals surface area contributed by atoms with Crippen molar-refractivity contribution in [2.45, 2.75) is 126 Å². The van der Waals surface area contributed by atoms with Crippen LogP contribution in [0.5, 0.6) is 17.2 Å². The number of anilines is 3. The first-order valence-corrected chi connectivity index (χ1v) is 47.6. The van der Waals surface area contributed by atoms with Gasteiger partial charge in [-0.3, -0.25) is 14.4 Å². The van der Waals surface area contributed by atoms with E-state index in [-0.39, 0.29) is 104 Å². The van der Waals surface area contributed by atoms with E-state index >= 15 is 0 Å². The summed E-state index contributed by atoms with van der Waals surface area (Å²) in [6, 6.07) is 46.4. The van der Waals surface area contributed by atoms with Crippen LogP contribution in [0.25, 0.3) is 22.5 Å². The summed E-state index contributed by atoms with van der Waals surface area (Å²) in [4.78, 5) is 90.0. The molecular weight excluding hydrogens is 1740 g/mol. The number of halogens is 4. The molecule has 0 radical (unpaired) electrons. The number of piperidine rings is 3. The van der Waals surface area contributed by atoms with E-state index in [1.807, 2.05) is 151 Å². The molecule has 6 N–H and O–H groups in total. The van der Waals surface area contributed by atoms with Gasteiger partial charge in [0.2, 0.25) is 17.7 Å². The molecule has 0 unspecified atom stereocenters. The number of ether oxygens (including phenoxy) is 5. The van der Waals surface area contributed by atoms with Crippen molar-refractivity contribution < 1.29 is 62.6 Å². The molecule has 0 bridgehead atoms. The molecule has 562 valence electrons. The quantitative estimate of drug-likeness (QED) is 0.0249. The van der Waals surface area contributed by atoms with Crippen LogP contribution < -0.4 is 40.9 Å². The fraction of sp³-hybridized carbons (Fsp3) is 0.373. The van der Waals surface area contributed by atoms with Crippen LogP contribution >= 0.6 is 71.5 Å². The summed E-state index contributed by atoms with van der Waals surface area (Å²) < 4.78 is 27.9. The van der Waals surface area contributed by atoms with Crippen molar-refractivity contribution in [3.63, 3.8) is 0 Å². The van der Waals surface area contributed by atoms with Crippen molar-refractivity contribution in [3.05, 3.63) is 187 Å². The van der Waals surface area contributed by atoms with Crippen LogP contribution in [-0.2, 0) is 42.0 Å². The molecule has 6 heterocycles. The Labute approximate surface area is 659 Å². The molecule has 0 atom stereocenters. The molecule has 24 nitrogen and oxygen atoms in total. The molecule has 11 rings (SSSR count). The third kappa shape index (κ3) is 31.6. The standard InChI is InChI=1S/C27H30N4O4.C19H24N4O2.C18H19ClN4O3.C9H13BO3.2CH4.3HI.V/c1-19(2)35-24-11-7-6-10-22(24)23-16-25(29-18-28-23)30-26(32)21-12-14-31(15-13-21)27(33)34-17-20-8-4-3-5-9-20;1-13(2)25-17-6-4-3-5-15(17)16-11-18(22-12-21-16)23-19(24)14-7-9-20-10-8-14;19-15-10-16(21-12-20-15)22-17(24)14-6-8-23(9-7-14)18(25)26-11-13-4-2-1-3-5-13;1-7(2)13-9-6-4-3-5-8(9)10(11)12;;;;;;/h3-11,16,18-19,21H,12-15,17H2,1-2H3,(H,28,29,30,32);3-6,11-14,20H,7-10H2,1-2H3,(H,21,22,23,24);1-5,10,12,14H,6-9,11H2,(H,20,21,22,24);3-7,11-12H,1-2H3;2*1H4;3*1H;/q;;;;;;;;;+3/p-3. The number of para-hydroxylation sites is 3. The van der Waals surface area contributed by atoms with Crippen LogP contribution in [-0.4, -0.2) is 144 Å². The van der Waals surface area contributed by atoms with E-state index in [4.69, 9.17) is 45.3 Å². The Morgan fingerprint density at radius 1 is 0.495 bits per heavy atom. The number of nitrogens with zero attached hydrogens (tertiary/aromatic N) is 8. The first-order chi connectivity index (χ1) is 49.6. The first kappa shape index (κ1) is 88.3. The van der Waals surface area contributed by atoms with Gasteiger partial charge in [-0.2, -0.15) is 0 Å². The topological polar surface area (TPSA) is 304 Å². The van der Waals surface area contributed by atoms with Gasteiger partial charge in [0.15, 0.2) is 0 Å². The SMILES string of the molecule is C.C.CC(C)Oc1ccccc1-c1cc(NC(=O)C2CCN(C(=O)OCc3ccccc3)CC2)ncn1.CC(C)Oc1ccccc1-c1cc(NC(=O)C2CCNCC2)ncn1.CC(C)Oc1ccccc1B(O)O.O=C(Nc1cc(Cl)ncn1)C1CCN(C(=O)OCc2ccccc2)CC1.[I][V]([I])[I]. The van der Waals surface area contributed by atoms with Gasteiger partial charge in [0.1, 0.15) is 72.1 Å². The maximum atomic E-state index is 12.9. The summed E-state index contributed by atoms with van der Waals surface area (Å²) >= 11 is 13.2. The predicted octanol–water partition coefficient (Wildman–Crippen LogP) is 15.0. The summed E-state index contributed by atoms with van der Waals surface area (Å²) in [5.74, 6) is 2.79. The normalized spacial score (nSPS) is 13.5. The molecule has 105 heavy (non-hydrogen) atoms. The average molecular weight is 1830 g/mol. The third-order valence-corrected chi connectivity index (χ3v) is 15.9. The molecule has 3 aliphatic rings. The van der Waals surface area contributed by atoms with Crippen LogP contribution in [0.1, 0.15) is 106 Å². The third-order valence-electron chi connectivity index (χ3n) is 15.7. The summed E-state index contributed by atoms with van der Waals surface area (Å²) in [6.45, 7) is 15.8. The zero-order valence-corrected chi connectivity index (χ0v) is 66.7. The van der Waals surface area contributed by atoms with Crippen LogP contribution in [0, 0.1) is 17.8 Å². The molecular formula is C75H94BClI3N12O12V. The zero-order valence-electron chi connectivity index (χ0n) is 58.1. The van der Waals surface area contributed by atoms with Crippen molar-refractivity contribution in [1.82, 2.24) is 45.0 Å². The molecule has 3 aliphatic heterocycles. The van der Waals surface area contributed by atoms with Gasteiger partial charge in [-0.15, -0.1) is 0 Å². The first-order valence-electron chi connectivity index (χ1n) is 33.7. The van der Waals surface area contributed by atoms with Crippen molar-refractivity contribution in [2.24, 2.45) is 17.8 Å². The minimum atomic E-state index is -1.48. The van der Waals surface area contributed by atoms with Gasteiger partial charge in [-0.25, -0.2) is 39.5 Å². The number of nitrogens with one attached hydrogen (secondary N) is 4. The number of benzene rings is 5. The molecule has 30 heteroatoms. The fourth-order valence-electron chi connectivity index (χ4n) is 10.7. The molecule has 8 aromatic rings. The Bertz CT molecular complexity index is 3940. The van der Waals surface area contributed by atoms with E-state index in [1.165, 1.54) is 25.0 Å². The summed E-state index contributed by atoms with van der Waals surface area (Å²) in [5, 5.41) is 30.1. The van der Waals surface area contributed by atoms with Crippen molar-refractivity contribution in [2.75, 3.05) is 55.2 Å². The van der Waals surface area contributed by atoms with Gasteiger partial charge in [0, 0.05) is 78.7 Å². The Morgan fingerprint density at radius 3 is 1.21 bits per heavy atom. The molecule has 3 aromatic heterocycles. The van der Waals surface area contributed by atoms with Crippen LogP contribution in [0.4, 0.5) is 27.0 Å². The fourth-order valence-corrected chi connectivity index (χ4v) is 10.9. The number of rotatable bonds is 19. The predicted molar refractivity (Wildman–Crippen MR) is 434 cm³/mol. The average Bonchev–Trinajstić information content (AvgIpc) is 0.833. The van der Waals surface area contributed by atoms with Crippen LogP contribution in [0.2, 0.25) is 5.15 Å². The second-order valence-electron chi connectivity index (χ2n) is 24.5. The van der Waals surface area contributed by atoms with Crippen molar-refractivity contribution in [1.29, 1.82) is 0 Å². The van der Waals surface area contributed by atoms with Gasteiger partial charge in [0.05, 0.1) is 29.7 Å². The molecule has 0 spiro atoms. The van der Waals surface area contributed by atoms with E-state index in [0.717, 1.165) is 65.4 Å². The van der Waals surface area contributed by atoms with E-state index in [1.54, 1.807) is 46.2 Å². The molecule has 0 saturated carbocycles. The van der Waals surface area contributed by atoms with Gasteiger partial charge in [-0.05, 0) is 135 Å². The molecule has 3 saturated heterocycles. The van der Waals surface area contributed by atoms with Gasteiger partial charge in [0.25, 0.3) is 0 Å². The van der Waals surface area contributed by atoms with Crippen LogP contribution in [0.3, 0.4) is 0 Å². The van der Waals surface area contributed by atoms with E-state index in [2.05, 4.69) is 111 Å². The summed E-state index contributed by atoms with van der Waals surface area (Å²) in [5.41, 5.74) is 5.40. The molecule has 5 aromatic carbocycles. The Hall–Kier alpha value is -7.30. The number of hydrogen-bond donors (Lipinski definition) is 6. The monoisotopic (exact) mass is 1830 g/mol. The maximum absolute atomic E-state index is 12.9. The number of aromatic nitrogens is 6. The van der Waals surface area contributed by atoms with Crippen LogP contribution in [0.15, 0.2) is 171 Å². The van der Waals surface area contributed by atoms with Gasteiger partial charge in [-0.1, -0.05) is 130 Å². The van der Waals surface area contributed by atoms with Crippen molar-refractivity contribution in [3.8, 4) is 39.8 Å². The van der Waals surface area contributed by atoms with E-state index < -0.39 is 7.12 Å². The zero-order chi connectivity index (χ0) is 74.0.